The Morgan fingerprint density at radius 3 is 2.81 bits per heavy atom. The van der Waals surface area contributed by atoms with Gasteiger partial charge in [0, 0.05) is 6.04 Å². The molecule has 0 unspecified atom stereocenters. The van der Waals surface area contributed by atoms with Crippen LogP contribution in [0.5, 0.6) is 0 Å². The predicted octanol–water partition coefficient (Wildman–Crippen LogP) is 1.88. The summed E-state index contributed by atoms with van der Waals surface area (Å²) in [6.07, 6.45) is 4.79. The largest absolute Gasteiger partial charge is 0.481 e. The van der Waals surface area contributed by atoms with Gasteiger partial charge in [-0.15, -0.1) is 10.2 Å². The summed E-state index contributed by atoms with van der Waals surface area (Å²) in [5.74, 6) is 0.119. The molecule has 0 aromatic carbocycles. The molecule has 1 saturated carbocycles. The highest BCUT2D eigenvalue weighted by Gasteiger charge is 2.22. The van der Waals surface area contributed by atoms with E-state index in [9.17, 15) is 4.79 Å². The van der Waals surface area contributed by atoms with Crippen molar-refractivity contribution in [1.29, 1.82) is 0 Å². The van der Waals surface area contributed by atoms with Crippen molar-refractivity contribution in [2.45, 2.75) is 43.8 Å². The lowest BCUT2D eigenvalue weighted by Gasteiger charge is -2.14. The fraction of sp³-hybridized carbons (Fsp3) is 0.700. The van der Waals surface area contributed by atoms with Gasteiger partial charge < -0.3 is 9.67 Å². The minimum absolute atomic E-state index is 0.0465. The van der Waals surface area contributed by atoms with Crippen molar-refractivity contribution in [2.75, 3.05) is 5.75 Å². The van der Waals surface area contributed by atoms with Crippen molar-refractivity contribution >= 4 is 17.7 Å². The zero-order valence-electron chi connectivity index (χ0n) is 9.22. The molecule has 0 amide bonds. The predicted molar refractivity (Wildman–Crippen MR) is 60.6 cm³/mol. The van der Waals surface area contributed by atoms with E-state index in [0.29, 0.717) is 6.04 Å². The summed E-state index contributed by atoms with van der Waals surface area (Å²) in [5, 5.41) is 17.5. The quantitative estimate of drug-likeness (QED) is 0.815. The highest BCUT2D eigenvalue weighted by atomic mass is 32.2. The van der Waals surface area contributed by atoms with E-state index in [0.717, 1.165) is 23.8 Å². The number of carbonyl (C=O) groups is 1. The molecule has 1 aromatic rings. The number of carboxylic acids is 1. The third-order valence-electron chi connectivity index (χ3n) is 2.85. The number of hydrogen-bond donors (Lipinski definition) is 1. The number of thioether (sulfide) groups is 1. The number of rotatable bonds is 4. The molecule has 2 rings (SSSR count). The van der Waals surface area contributed by atoms with Crippen LogP contribution in [0, 0.1) is 6.92 Å². The van der Waals surface area contributed by atoms with Gasteiger partial charge in [-0.25, -0.2) is 0 Å². The van der Waals surface area contributed by atoms with Gasteiger partial charge in [0.1, 0.15) is 5.82 Å². The topological polar surface area (TPSA) is 68.0 Å². The Morgan fingerprint density at radius 1 is 1.50 bits per heavy atom. The van der Waals surface area contributed by atoms with Crippen LogP contribution in [0.1, 0.15) is 37.5 Å². The first-order valence-electron chi connectivity index (χ1n) is 5.44. The Morgan fingerprint density at radius 2 is 2.19 bits per heavy atom. The molecular formula is C10H15N3O2S. The summed E-state index contributed by atoms with van der Waals surface area (Å²) in [4.78, 5) is 10.5. The molecule has 16 heavy (non-hydrogen) atoms. The Hall–Kier alpha value is -1.04. The normalized spacial score (nSPS) is 16.8. The number of aliphatic carboxylic acids is 1. The molecule has 0 saturated heterocycles. The van der Waals surface area contributed by atoms with Crippen molar-refractivity contribution in [3.05, 3.63) is 5.82 Å². The van der Waals surface area contributed by atoms with Crippen molar-refractivity contribution in [2.24, 2.45) is 0 Å². The Kier molecular flexibility index (Phi) is 3.48. The molecule has 1 N–H and O–H groups in total. The van der Waals surface area contributed by atoms with Crippen LogP contribution in [0.3, 0.4) is 0 Å². The second-order valence-corrected chi connectivity index (χ2v) is 4.96. The molecule has 0 spiro atoms. The summed E-state index contributed by atoms with van der Waals surface area (Å²) in [6.45, 7) is 1.93. The van der Waals surface area contributed by atoms with Crippen LogP contribution in [-0.2, 0) is 4.79 Å². The summed E-state index contributed by atoms with van der Waals surface area (Å²) < 4.78 is 2.10. The number of carboxylic acid groups (broad SMARTS) is 1. The number of hydrogen-bond acceptors (Lipinski definition) is 4. The minimum Gasteiger partial charge on any atom is -0.481 e. The van der Waals surface area contributed by atoms with Gasteiger partial charge in [-0.3, -0.25) is 4.79 Å². The van der Waals surface area contributed by atoms with Crippen molar-refractivity contribution in [1.82, 2.24) is 14.8 Å². The highest BCUT2D eigenvalue weighted by Crippen LogP contribution is 2.33. The summed E-state index contributed by atoms with van der Waals surface area (Å²) in [6, 6.07) is 0.464. The third kappa shape index (κ3) is 2.37. The first-order valence-corrected chi connectivity index (χ1v) is 6.43. The molecule has 0 radical (unpaired) electrons. The fourth-order valence-electron chi connectivity index (χ4n) is 2.16. The fourth-order valence-corrected chi connectivity index (χ4v) is 2.93. The molecule has 1 heterocycles. The van der Waals surface area contributed by atoms with Gasteiger partial charge in [0.2, 0.25) is 0 Å². The average molecular weight is 241 g/mol. The van der Waals surface area contributed by atoms with E-state index < -0.39 is 5.97 Å². The van der Waals surface area contributed by atoms with E-state index in [2.05, 4.69) is 14.8 Å². The van der Waals surface area contributed by atoms with E-state index in [1.807, 2.05) is 6.92 Å². The zero-order chi connectivity index (χ0) is 11.5. The summed E-state index contributed by atoms with van der Waals surface area (Å²) in [5.41, 5.74) is 0. The first kappa shape index (κ1) is 11.4. The van der Waals surface area contributed by atoms with E-state index in [1.54, 1.807) is 0 Å². The highest BCUT2D eigenvalue weighted by molar-refractivity contribution is 7.99. The molecule has 0 atom stereocenters. The molecule has 1 aliphatic rings. The van der Waals surface area contributed by atoms with Gasteiger partial charge in [-0.2, -0.15) is 0 Å². The molecule has 1 aliphatic carbocycles. The van der Waals surface area contributed by atoms with Crippen LogP contribution < -0.4 is 0 Å². The van der Waals surface area contributed by atoms with Crippen molar-refractivity contribution in [3.63, 3.8) is 0 Å². The van der Waals surface area contributed by atoms with Gasteiger partial charge in [0.25, 0.3) is 0 Å². The van der Waals surface area contributed by atoms with Gasteiger partial charge >= 0.3 is 5.97 Å². The average Bonchev–Trinajstić information content (AvgIpc) is 2.83. The van der Waals surface area contributed by atoms with Crippen LogP contribution in [-0.4, -0.2) is 31.6 Å². The number of aryl methyl sites for hydroxylation is 1. The lowest BCUT2D eigenvalue weighted by molar-refractivity contribution is -0.133. The van der Waals surface area contributed by atoms with E-state index in [-0.39, 0.29) is 5.75 Å². The second-order valence-electron chi connectivity index (χ2n) is 4.02. The van der Waals surface area contributed by atoms with Crippen LogP contribution in [0.15, 0.2) is 5.16 Å². The molecule has 88 valence electrons. The Bertz CT molecular complexity index is 385. The molecule has 0 bridgehead atoms. The standard InChI is InChI=1S/C10H15N3O2S/c1-7-11-12-10(16-6-9(14)15)13(7)8-4-2-3-5-8/h8H,2-6H2,1H3,(H,14,15). The smallest absolute Gasteiger partial charge is 0.313 e. The van der Waals surface area contributed by atoms with Crippen LogP contribution >= 0.6 is 11.8 Å². The SMILES string of the molecule is Cc1nnc(SCC(=O)O)n1C1CCCC1. The molecular weight excluding hydrogens is 226 g/mol. The maximum Gasteiger partial charge on any atom is 0.313 e. The second kappa shape index (κ2) is 4.86. The lowest BCUT2D eigenvalue weighted by atomic mass is 10.2. The van der Waals surface area contributed by atoms with Crippen LogP contribution in [0.2, 0.25) is 0 Å². The van der Waals surface area contributed by atoms with Crippen molar-refractivity contribution < 1.29 is 9.90 Å². The van der Waals surface area contributed by atoms with Gasteiger partial charge in [0.05, 0.1) is 5.75 Å². The van der Waals surface area contributed by atoms with E-state index in [1.165, 1.54) is 24.6 Å². The lowest BCUT2D eigenvalue weighted by Crippen LogP contribution is -2.09. The van der Waals surface area contributed by atoms with Gasteiger partial charge in [-0.05, 0) is 19.8 Å². The molecule has 6 heteroatoms. The van der Waals surface area contributed by atoms with Crippen molar-refractivity contribution in [3.8, 4) is 0 Å². The van der Waals surface area contributed by atoms with Crippen LogP contribution in [0.25, 0.3) is 0 Å². The van der Waals surface area contributed by atoms with Crippen LogP contribution in [0.4, 0.5) is 0 Å². The maximum absolute atomic E-state index is 10.5. The third-order valence-corrected chi connectivity index (χ3v) is 3.78. The monoisotopic (exact) mass is 241 g/mol. The van der Waals surface area contributed by atoms with Gasteiger partial charge in [0.15, 0.2) is 5.16 Å². The molecule has 1 fully saturated rings. The zero-order valence-corrected chi connectivity index (χ0v) is 10.0. The molecule has 1 aromatic heterocycles. The molecule has 0 aliphatic heterocycles. The van der Waals surface area contributed by atoms with Gasteiger partial charge in [-0.1, -0.05) is 24.6 Å². The Balaban J connectivity index is 2.14. The van der Waals surface area contributed by atoms with E-state index in [4.69, 9.17) is 5.11 Å². The summed E-state index contributed by atoms with van der Waals surface area (Å²) in [7, 11) is 0. The number of nitrogens with zero attached hydrogens (tertiary/aromatic N) is 3. The minimum atomic E-state index is -0.816. The molecule has 5 nitrogen and oxygen atoms in total. The Labute approximate surface area is 98.3 Å². The van der Waals surface area contributed by atoms with E-state index >= 15 is 0 Å². The summed E-state index contributed by atoms with van der Waals surface area (Å²) >= 11 is 1.25. The number of aromatic nitrogens is 3. The maximum atomic E-state index is 10.5. The first-order chi connectivity index (χ1) is 7.68.